The molecule has 1 aliphatic heterocycles. The molecular weight excluding hydrogens is 643 g/mol. The van der Waals surface area contributed by atoms with Gasteiger partial charge < -0.3 is 5.32 Å². The summed E-state index contributed by atoms with van der Waals surface area (Å²) in [6, 6.07) is 2.19. The van der Waals surface area contributed by atoms with Crippen LogP contribution in [0.1, 0.15) is 73.5 Å². The first kappa shape index (κ1) is 34.0. The number of carbonyl (C=O) groups excluding carboxylic acids is 1. The van der Waals surface area contributed by atoms with Gasteiger partial charge in [-0.25, -0.2) is 18.2 Å². The number of Topliss-reactive ketones (excluding diaryl/α,β-unsaturated/α-hetero) is 1. The maximum atomic E-state index is 15.4. The number of anilines is 1. The van der Waals surface area contributed by atoms with Gasteiger partial charge in [0, 0.05) is 42.1 Å². The minimum atomic E-state index is -5.31. The fourth-order valence-corrected chi connectivity index (χ4v) is 6.57. The van der Waals surface area contributed by atoms with E-state index in [1.165, 1.54) is 14.0 Å². The largest absolute Gasteiger partial charge is 0.433 e. The molecule has 252 valence electrons. The van der Waals surface area contributed by atoms with Crippen LogP contribution in [0.4, 0.5) is 51.1 Å². The van der Waals surface area contributed by atoms with Crippen molar-refractivity contribution in [1.82, 2.24) is 20.0 Å². The number of fused-ring (bicyclic) bond motifs is 2. The highest BCUT2D eigenvalue weighted by molar-refractivity contribution is 6.11. The number of H-pyrrole nitrogens is 1. The number of allylic oxidation sites excluding steroid dienone is 3. The first-order chi connectivity index (χ1) is 21.8. The zero-order chi connectivity index (χ0) is 34.8. The van der Waals surface area contributed by atoms with Crippen molar-refractivity contribution >= 4 is 23.1 Å². The normalized spacial score (nSPS) is 20.4. The third-order valence-electron chi connectivity index (χ3n) is 8.45. The van der Waals surface area contributed by atoms with E-state index >= 15 is 22.0 Å². The van der Waals surface area contributed by atoms with E-state index in [1.54, 1.807) is 13.8 Å². The van der Waals surface area contributed by atoms with Crippen molar-refractivity contribution in [2.24, 2.45) is 16.3 Å². The summed E-state index contributed by atoms with van der Waals surface area (Å²) in [5.41, 5.74) is -6.22. The third-order valence-corrected chi connectivity index (χ3v) is 8.45. The minimum Gasteiger partial charge on any atom is -0.371 e. The lowest BCUT2D eigenvalue weighted by Gasteiger charge is -2.40. The minimum absolute atomic E-state index is 0.0903. The Morgan fingerprint density at radius 1 is 1.15 bits per heavy atom. The molecule has 1 aliphatic carbocycles. The van der Waals surface area contributed by atoms with E-state index in [2.05, 4.69) is 27.1 Å². The number of hydrogen-bond acceptors (Lipinski definition) is 5. The van der Waals surface area contributed by atoms with Gasteiger partial charge in [-0.1, -0.05) is 26.5 Å². The van der Waals surface area contributed by atoms with Crippen LogP contribution in [0.5, 0.6) is 0 Å². The molecule has 3 unspecified atom stereocenters. The highest BCUT2D eigenvalue weighted by Crippen LogP contribution is 2.53. The van der Waals surface area contributed by atoms with Crippen LogP contribution in [-0.2, 0) is 23.7 Å². The van der Waals surface area contributed by atoms with Gasteiger partial charge in [0.1, 0.15) is 34.6 Å². The van der Waals surface area contributed by atoms with Crippen LogP contribution in [0.2, 0.25) is 0 Å². The standard InChI is InChI=1S/C31H29F9N6O/c1-6-17(33)13(2)16(22-25(30(35,36)37)43-44-27(22)41-5)12-46-26(31(38,39)40)24-21(15-9-14(32)7-8-18(15)34)23-19(42-28(24)45-46)10-29(3,4)11-20(23)47/h6-9,16,21,23H,2,10-12H2,1,3-5H3,(H2,41,43,44). The van der Waals surface area contributed by atoms with Gasteiger partial charge in [0.15, 0.2) is 11.6 Å². The summed E-state index contributed by atoms with van der Waals surface area (Å²) >= 11 is 0. The second-order valence-electron chi connectivity index (χ2n) is 12.3. The predicted molar refractivity (Wildman–Crippen MR) is 154 cm³/mol. The number of carbonyl (C=O) groups is 1. The molecule has 2 aliphatic rings. The molecule has 0 saturated heterocycles. The predicted octanol–water partition coefficient (Wildman–Crippen LogP) is 8.40. The number of rotatable bonds is 7. The second-order valence-corrected chi connectivity index (χ2v) is 12.3. The topological polar surface area (TPSA) is 88.0 Å². The number of aliphatic imine (C=N–C) groups is 1. The highest BCUT2D eigenvalue weighted by atomic mass is 19.4. The van der Waals surface area contributed by atoms with Gasteiger partial charge in [0.2, 0.25) is 0 Å². The number of halogens is 9. The lowest BCUT2D eigenvalue weighted by molar-refractivity contribution is -0.146. The summed E-state index contributed by atoms with van der Waals surface area (Å²) in [5, 5.41) is 11.9. The molecule has 0 bridgehead atoms. The van der Waals surface area contributed by atoms with Crippen molar-refractivity contribution in [1.29, 1.82) is 0 Å². The van der Waals surface area contributed by atoms with Crippen molar-refractivity contribution < 1.29 is 44.3 Å². The first-order valence-corrected chi connectivity index (χ1v) is 14.4. The second kappa shape index (κ2) is 11.7. The molecule has 0 radical (unpaired) electrons. The van der Waals surface area contributed by atoms with Crippen molar-refractivity contribution in [2.75, 3.05) is 12.4 Å². The molecule has 2 N–H and O–H groups in total. The van der Waals surface area contributed by atoms with Gasteiger partial charge in [-0.3, -0.25) is 14.6 Å². The van der Waals surface area contributed by atoms with Gasteiger partial charge in [0.25, 0.3) is 0 Å². The summed E-state index contributed by atoms with van der Waals surface area (Å²) in [4.78, 5) is 17.9. The average molecular weight is 673 g/mol. The number of hydrogen-bond donors (Lipinski definition) is 2. The van der Waals surface area contributed by atoms with E-state index in [-0.39, 0.29) is 18.6 Å². The average Bonchev–Trinajstić information content (AvgIpc) is 3.56. The molecule has 16 heteroatoms. The van der Waals surface area contributed by atoms with Gasteiger partial charge in [-0.2, -0.15) is 36.5 Å². The Hall–Kier alpha value is -4.37. The molecule has 5 rings (SSSR count). The molecule has 0 spiro atoms. The van der Waals surface area contributed by atoms with Gasteiger partial charge >= 0.3 is 12.4 Å². The molecule has 3 heterocycles. The monoisotopic (exact) mass is 672 g/mol. The van der Waals surface area contributed by atoms with Gasteiger partial charge in [-0.05, 0) is 48.1 Å². The molecule has 3 atom stereocenters. The molecule has 47 heavy (non-hydrogen) atoms. The molecule has 2 aromatic heterocycles. The molecule has 1 fully saturated rings. The SMILES string of the molecule is C=C(C(F)=CC)C(Cn1nc2c(c1C(F)(F)F)C(c1cc(F)ccc1F)C1C(=O)CC(C)(C)CC1=N2)c1c(NC)n[nH]c1C(F)(F)F. The number of nitrogens with zero attached hydrogens (tertiary/aromatic N) is 4. The fourth-order valence-electron chi connectivity index (χ4n) is 6.57. The van der Waals surface area contributed by atoms with E-state index in [0.717, 1.165) is 18.2 Å². The van der Waals surface area contributed by atoms with Gasteiger partial charge in [0.05, 0.1) is 12.5 Å². The molecule has 3 aromatic rings. The summed E-state index contributed by atoms with van der Waals surface area (Å²) in [5.74, 6) is -9.70. The number of aromatic nitrogens is 4. The molecule has 1 aromatic carbocycles. The third kappa shape index (κ3) is 6.09. The maximum absolute atomic E-state index is 15.4. The summed E-state index contributed by atoms with van der Waals surface area (Å²) in [6.07, 6.45) is -9.49. The lowest BCUT2D eigenvalue weighted by Crippen LogP contribution is -2.43. The van der Waals surface area contributed by atoms with E-state index < -0.39 is 111 Å². The van der Waals surface area contributed by atoms with E-state index in [9.17, 15) is 22.4 Å². The Bertz CT molecular complexity index is 1810. The summed E-state index contributed by atoms with van der Waals surface area (Å²) < 4.78 is 133. The number of benzene rings is 1. The summed E-state index contributed by atoms with van der Waals surface area (Å²) in [7, 11) is 1.22. The number of ketones is 1. The molecular formula is C31H29F9N6O. The maximum Gasteiger partial charge on any atom is 0.433 e. The Morgan fingerprint density at radius 2 is 1.83 bits per heavy atom. The zero-order valence-electron chi connectivity index (χ0n) is 25.5. The zero-order valence-corrected chi connectivity index (χ0v) is 25.5. The highest BCUT2D eigenvalue weighted by Gasteiger charge is 2.52. The lowest BCUT2D eigenvalue weighted by atomic mass is 9.63. The Labute approximate surface area is 262 Å². The Morgan fingerprint density at radius 3 is 2.43 bits per heavy atom. The van der Waals surface area contributed by atoms with Crippen LogP contribution >= 0.6 is 0 Å². The van der Waals surface area contributed by atoms with Crippen LogP contribution in [0, 0.1) is 23.0 Å². The number of alkyl halides is 6. The number of nitrogens with one attached hydrogen (secondary N) is 2. The Balaban J connectivity index is 1.81. The van der Waals surface area contributed by atoms with E-state index in [1.807, 2.05) is 5.10 Å². The van der Waals surface area contributed by atoms with Crippen LogP contribution in [0.15, 0.2) is 47.2 Å². The fraction of sp³-hybridized carbons (Fsp3) is 0.419. The van der Waals surface area contributed by atoms with Crippen LogP contribution < -0.4 is 5.32 Å². The quantitative estimate of drug-likeness (QED) is 0.195. The molecule has 0 amide bonds. The summed E-state index contributed by atoms with van der Waals surface area (Å²) in [6.45, 7) is 7.19. The van der Waals surface area contributed by atoms with Crippen molar-refractivity contribution in [3.05, 3.63) is 82.0 Å². The van der Waals surface area contributed by atoms with Crippen molar-refractivity contribution in [3.8, 4) is 0 Å². The van der Waals surface area contributed by atoms with Crippen molar-refractivity contribution in [2.45, 2.75) is 64.3 Å². The van der Waals surface area contributed by atoms with E-state index in [4.69, 9.17) is 0 Å². The smallest absolute Gasteiger partial charge is 0.371 e. The van der Waals surface area contributed by atoms with E-state index in [0.29, 0.717) is 10.7 Å². The number of aromatic amines is 1. The van der Waals surface area contributed by atoms with Crippen LogP contribution in [0.25, 0.3) is 0 Å². The molecule has 1 saturated carbocycles. The first-order valence-electron chi connectivity index (χ1n) is 14.4. The molecule has 7 nitrogen and oxygen atoms in total. The Kier molecular flexibility index (Phi) is 8.46. The van der Waals surface area contributed by atoms with Crippen LogP contribution in [-0.4, -0.2) is 38.5 Å². The van der Waals surface area contributed by atoms with Gasteiger partial charge in [-0.15, -0.1) is 0 Å². The van der Waals surface area contributed by atoms with Crippen LogP contribution in [0.3, 0.4) is 0 Å². The van der Waals surface area contributed by atoms with Crippen molar-refractivity contribution in [3.63, 3.8) is 0 Å².